The molecule has 0 bridgehead atoms. The molecule has 1 aromatic carbocycles. The first kappa shape index (κ1) is 16.0. The highest BCUT2D eigenvalue weighted by Crippen LogP contribution is 2.23. The Labute approximate surface area is 128 Å². The van der Waals surface area contributed by atoms with Crippen molar-refractivity contribution in [2.45, 2.75) is 6.18 Å². The number of nitrogens with one attached hydrogen (secondary N) is 2. The van der Waals surface area contributed by atoms with Crippen molar-refractivity contribution in [3.8, 4) is 0 Å². The highest BCUT2D eigenvalue weighted by Gasteiger charge is 2.26. The van der Waals surface area contributed by atoms with Gasteiger partial charge in [-0.15, -0.1) is 11.3 Å². The number of benzene rings is 1. The van der Waals surface area contributed by atoms with Crippen molar-refractivity contribution >= 4 is 34.7 Å². The Morgan fingerprint density at radius 3 is 2.64 bits per heavy atom. The van der Waals surface area contributed by atoms with E-state index in [9.17, 15) is 18.0 Å². The van der Waals surface area contributed by atoms with Crippen LogP contribution < -0.4 is 10.6 Å². The Bertz CT molecular complexity index is 654. The van der Waals surface area contributed by atoms with E-state index < -0.39 is 18.6 Å². The molecule has 0 atom stereocenters. The molecule has 4 nitrogen and oxygen atoms in total. The predicted octanol–water partition coefficient (Wildman–Crippen LogP) is 3.77. The molecule has 22 heavy (non-hydrogen) atoms. The summed E-state index contributed by atoms with van der Waals surface area (Å²) in [5.41, 5.74) is 0.483. The van der Waals surface area contributed by atoms with Gasteiger partial charge in [0, 0.05) is 17.7 Å². The van der Waals surface area contributed by atoms with Crippen LogP contribution in [0.4, 0.5) is 24.5 Å². The zero-order chi connectivity index (χ0) is 16.0. The number of carbonyl (C=O) groups excluding carboxylic acids is 1. The van der Waals surface area contributed by atoms with Crippen LogP contribution in [-0.2, 0) is 4.79 Å². The average molecular weight is 327 g/mol. The number of thiazole rings is 1. The highest BCUT2D eigenvalue weighted by molar-refractivity contribution is 7.10. The van der Waals surface area contributed by atoms with Gasteiger partial charge in [0.05, 0.1) is 11.4 Å². The minimum absolute atomic E-state index is 0.204. The summed E-state index contributed by atoms with van der Waals surface area (Å²) in [6, 6.07) is 6.19. The number of amides is 1. The fourth-order valence-corrected chi connectivity index (χ4v) is 2.11. The van der Waals surface area contributed by atoms with Crippen LogP contribution in [0.15, 0.2) is 41.9 Å². The van der Waals surface area contributed by atoms with E-state index in [0.29, 0.717) is 5.01 Å². The smallest absolute Gasteiger partial charge is 0.375 e. The average Bonchev–Trinajstić information content (AvgIpc) is 2.97. The first-order chi connectivity index (χ1) is 10.4. The van der Waals surface area contributed by atoms with Gasteiger partial charge in [0.2, 0.25) is 5.91 Å². The molecule has 0 spiro atoms. The zero-order valence-electron chi connectivity index (χ0n) is 11.2. The fourth-order valence-electron chi connectivity index (χ4n) is 1.58. The SMILES string of the molecule is O=C(/C=C/c1nccs1)Nc1ccccc1NCC(F)(F)F. The Kier molecular flexibility index (Phi) is 5.16. The molecular formula is C14H12F3N3OS. The number of alkyl halides is 3. The lowest BCUT2D eigenvalue weighted by Crippen LogP contribution is -2.22. The Morgan fingerprint density at radius 1 is 1.27 bits per heavy atom. The van der Waals surface area contributed by atoms with E-state index in [-0.39, 0.29) is 11.4 Å². The van der Waals surface area contributed by atoms with Crippen LogP contribution in [0.2, 0.25) is 0 Å². The van der Waals surface area contributed by atoms with Gasteiger partial charge < -0.3 is 10.6 Å². The second kappa shape index (κ2) is 7.08. The third kappa shape index (κ3) is 5.21. The number of aromatic nitrogens is 1. The summed E-state index contributed by atoms with van der Waals surface area (Å²) in [5, 5.41) is 7.22. The van der Waals surface area contributed by atoms with Gasteiger partial charge >= 0.3 is 6.18 Å². The molecular weight excluding hydrogens is 315 g/mol. The summed E-state index contributed by atoms with van der Waals surface area (Å²) in [5.74, 6) is -0.448. The second-order valence-electron chi connectivity index (χ2n) is 4.21. The third-order valence-electron chi connectivity index (χ3n) is 2.49. The lowest BCUT2D eigenvalue weighted by molar-refractivity contribution is -0.115. The van der Waals surface area contributed by atoms with E-state index in [0.717, 1.165) is 0 Å². The number of hydrogen-bond acceptors (Lipinski definition) is 4. The van der Waals surface area contributed by atoms with Crippen molar-refractivity contribution in [3.05, 3.63) is 46.9 Å². The van der Waals surface area contributed by atoms with Crippen molar-refractivity contribution in [2.24, 2.45) is 0 Å². The van der Waals surface area contributed by atoms with Crippen molar-refractivity contribution in [3.63, 3.8) is 0 Å². The lowest BCUT2D eigenvalue weighted by atomic mass is 10.2. The molecule has 1 heterocycles. The monoisotopic (exact) mass is 327 g/mol. The molecule has 0 aliphatic carbocycles. The summed E-state index contributed by atoms with van der Waals surface area (Å²) in [6.07, 6.45) is 0.0889. The molecule has 1 aromatic heterocycles. The molecule has 2 aromatic rings. The zero-order valence-corrected chi connectivity index (χ0v) is 12.0. The van der Waals surface area contributed by atoms with Crippen LogP contribution in [0.3, 0.4) is 0 Å². The normalized spacial score (nSPS) is 11.6. The summed E-state index contributed by atoms with van der Waals surface area (Å²) in [6.45, 7) is -1.17. The predicted molar refractivity (Wildman–Crippen MR) is 80.8 cm³/mol. The Morgan fingerprint density at radius 2 is 2.00 bits per heavy atom. The van der Waals surface area contributed by atoms with Gasteiger partial charge in [-0.1, -0.05) is 12.1 Å². The summed E-state index contributed by atoms with van der Waals surface area (Å²) < 4.78 is 36.7. The molecule has 0 fully saturated rings. The molecule has 0 aliphatic rings. The van der Waals surface area contributed by atoms with Gasteiger partial charge in [-0.05, 0) is 18.2 Å². The molecule has 116 valence electrons. The van der Waals surface area contributed by atoms with Crippen LogP contribution in [0.5, 0.6) is 0 Å². The van der Waals surface area contributed by atoms with E-state index in [4.69, 9.17) is 0 Å². The molecule has 0 saturated heterocycles. The molecule has 0 unspecified atom stereocenters. The molecule has 8 heteroatoms. The highest BCUT2D eigenvalue weighted by atomic mass is 32.1. The van der Waals surface area contributed by atoms with Gasteiger partial charge in [-0.3, -0.25) is 4.79 Å². The van der Waals surface area contributed by atoms with Crippen LogP contribution in [0, 0.1) is 0 Å². The first-order valence-corrected chi connectivity index (χ1v) is 7.10. The maximum absolute atomic E-state index is 12.2. The van der Waals surface area contributed by atoms with Crippen molar-refractivity contribution in [2.75, 3.05) is 17.2 Å². The number of rotatable bonds is 5. The van der Waals surface area contributed by atoms with E-state index in [1.807, 2.05) is 0 Å². The molecule has 0 radical (unpaired) electrons. The molecule has 2 rings (SSSR count). The maximum Gasteiger partial charge on any atom is 0.405 e. The Balaban J connectivity index is 2.01. The van der Waals surface area contributed by atoms with Crippen LogP contribution in [-0.4, -0.2) is 23.6 Å². The third-order valence-corrected chi connectivity index (χ3v) is 3.23. The van der Waals surface area contributed by atoms with Crippen molar-refractivity contribution < 1.29 is 18.0 Å². The van der Waals surface area contributed by atoms with Crippen LogP contribution in [0.1, 0.15) is 5.01 Å². The summed E-state index contributed by atoms with van der Waals surface area (Å²) in [4.78, 5) is 15.8. The first-order valence-electron chi connectivity index (χ1n) is 6.22. The topological polar surface area (TPSA) is 54.0 Å². The summed E-state index contributed by atoms with van der Waals surface area (Å²) in [7, 11) is 0. The van der Waals surface area contributed by atoms with E-state index in [1.165, 1.54) is 35.6 Å². The number of carbonyl (C=O) groups is 1. The molecule has 0 aliphatic heterocycles. The molecule has 1 amide bonds. The summed E-state index contributed by atoms with van der Waals surface area (Å²) >= 11 is 1.37. The quantitative estimate of drug-likeness (QED) is 0.822. The number of halogens is 3. The molecule has 2 N–H and O–H groups in total. The second-order valence-corrected chi connectivity index (χ2v) is 5.13. The van der Waals surface area contributed by atoms with Gasteiger partial charge in [0.25, 0.3) is 0 Å². The number of anilines is 2. The van der Waals surface area contributed by atoms with E-state index in [2.05, 4.69) is 15.6 Å². The molecule has 0 saturated carbocycles. The number of nitrogens with zero attached hydrogens (tertiary/aromatic N) is 1. The van der Waals surface area contributed by atoms with Crippen LogP contribution >= 0.6 is 11.3 Å². The van der Waals surface area contributed by atoms with Crippen molar-refractivity contribution in [1.82, 2.24) is 4.98 Å². The fraction of sp³-hybridized carbons (Fsp3) is 0.143. The largest absolute Gasteiger partial charge is 0.405 e. The van der Waals surface area contributed by atoms with E-state index in [1.54, 1.807) is 23.7 Å². The van der Waals surface area contributed by atoms with E-state index >= 15 is 0 Å². The minimum Gasteiger partial charge on any atom is -0.375 e. The maximum atomic E-state index is 12.2. The van der Waals surface area contributed by atoms with Gasteiger partial charge in [0.15, 0.2) is 0 Å². The van der Waals surface area contributed by atoms with Gasteiger partial charge in [0.1, 0.15) is 11.6 Å². The number of para-hydroxylation sites is 2. The van der Waals surface area contributed by atoms with Gasteiger partial charge in [-0.25, -0.2) is 4.98 Å². The standard InChI is InChI=1S/C14H12F3N3OS/c15-14(16,17)9-19-10-3-1-2-4-11(10)20-12(21)5-6-13-18-7-8-22-13/h1-8,19H,9H2,(H,20,21)/b6-5+. The Hall–Kier alpha value is -2.35. The lowest BCUT2D eigenvalue weighted by Gasteiger charge is -2.13. The number of hydrogen-bond donors (Lipinski definition) is 2. The van der Waals surface area contributed by atoms with Gasteiger partial charge in [-0.2, -0.15) is 13.2 Å². The van der Waals surface area contributed by atoms with Crippen LogP contribution in [0.25, 0.3) is 6.08 Å². The van der Waals surface area contributed by atoms with Crippen molar-refractivity contribution in [1.29, 1.82) is 0 Å². The minimum atomic E-state index is -4.33.